The lowest BCUT2D eigenvalue weighted by Gasteiger charge is -2.40. The molecule has 0 radical (unpaired) electrons. The summed E-state index contributed by atoms with van der Waals surface area (Å²) in [5.41, 5.74) is 4.03. The van der Waals surface area contributed by atoms with Crippen LogP contribution in [0, 0.1) is 6.92 Å². The summed E-state index contributed by atoms with van der Waals surface area (Å²) >= 11 is 1.93. The highest BCUT2D eigenvalue weighted by molar-refractivity contribution is 7.15. The average molecular weight is 300 g/mol. The minimum Gasteiger partial charge on any atom is -0.369 e. The number of ether oxygens (including phenoxy) is 1. The highest BCUT2D eigenvalue weighted by Crippen LogP contribution is 2.46. The van der Waals surface area contributed by atoms with E-state index in [4.69, 9.17) is 4.74 Å². The van der Waals surface area contributed by atoms with Crippen LogP contribution in [0.15, 0.2) is 24.5 Å². The molecule has 3 nitrogen and oxygen atoms in total. The van der Waals surface area contributed by atoms with Crippen molar-refractivity contribution in [1.82, 2.24) is 10.3 Å². The van der Waals surface area contributed by atoms with Crippen molar-refractivity contribution >= 4 is 11.3 Å². The van der Waals surface area contributed by atoms with Crippen molar-refractivity contribution in [2.24, 2.45) is 0 Å². The van der Waals surface area contributed by atoms with E-state index in [0.29, 0.717) is 0 Å². The zero-order valence-electron chi connectivity index (χ0n) is 12.3. The van der Waals surface area contributed by atoms with E-state index in [0.717, 1.165) is 39.0 Å². The first-order valence-corrected chi connectivity index (χ1v) is 8.49. The Balaban J connectivity index is 1.79. The topological polar surface area (TPSA) is 34.2 Å². The summed E-state index contributed by atoms with van der Waals surface area (Å²) in [5, 5.41) is 3.45. The summed E-state index contributed by atoms with van der Waals surface area (Å²) in [5.74, 6) is 0. The van der Waals surface area contributed by atoms with Crippen LogP contribution in [0.4, 0.5) is 0 Å². The molecule has 4 heteroatoms. The van der Waals surface area contributed by atoms with Gasteiger partial charge in [-0.1, -0.05) is 0 Å². The zero-order chi connectivity index (χ0) is 14.3. The molecular formula is C17H20N2OS. The second-order valence-corrected chi connectivity index (χ2v) is 7.05. The van der Waals surface area contributed by atoms with Crippen molar-refractivity contribution in [2.45, 2.75) is 31.8 Å². The predicted octanol–water partition coefficient (Wildman–Crippen LogP) is 3.27. The van der Waals surface area contributed by atoms with Crippen LogP contribution in [-0.2, 0) is 16.8 Å². The first-order chi connectivity index (χ1) is 10.3. The second kappa shape index (κ2) is 5.20. The lowest BCUT2D eigenvalue weighted by Crippen LogP contribution is -2.43. The Bertz CT molecular complexity index is 659. The Labute approximate surface area is 129 Å². The minimum atomic E-state index is -0.0251. The largest absolute Gasteiger partial charge is 0.369 e. The molecule has 0 bridgehead atoms. The molecule has 1 fully saturated rings. The van der Waals surface area contributed by atoms with Crippen molar-refractivity contribution in [3.05, 3.63) is 40.5 Å². The molecule has 2 aromatic heterocycles. The fourth-order valence-corrected chi connectivity index (χ4v) is 5.01. The number of hydrogen-bond donors (Lipinski definition) is 1. The molecule has 0 saturated carbocycles. The third-order valence-electron chi connectivity index (χ3n) is 4.67. The smallest absolute Gasteiger partial charge is 0.105 e. The molecule has 0 amide bonds. The van der Waals surface area contributed by atoms with Gasteiger partial charge in [0.1, 0.15) is 5.60 Å². The number of hydrogen-bond acceptors (Lipinski definition) is 4. The molecule has 110 valence electrons. The Hall–Kier alpha value is -1.23. The maximum Gasteiger partial charge on any atom is 0.105 e. The number of nitrogens with one attached hydrogen (secondary N) is 1. The SMILES string of the molecule is Cc1cnccc1-c1cc2c(s1)C1(CCNCC1)OCC2. The van der Waals surface area contributed by atoms with Crippen LogP contribution in [0.1, 0.15) is 28.8 Å². The van der Waals surface area contributed by atoms with Gasteiger partial charge in [-0.15, -0.1) is 11.3 Å². The van der Waals surface area contributed by atoms with Crippen molar-refractivity contribution < 1.29 is 4.74 Å². The van der Waals surface area contributed by atoms with E-state index in [1.807, 2.05) is 23.7 Å². The highest BCUT2D eigenvalue weighted by atomic mass is 32.1. The molecule has 1 saturated heterocycles. The maximum absolute atomic E-state index is 6.27. The number of nitrogens with zero attached hydrogens (tertiary/aromatic N) is 1. The van der Waals surface area contributed by atoms with Gasteiger partial charge in [-0.25, -0.2) is 0 Å². The predicted molar refractivity (Wildman–Crippen MR) is 85.7 cm³/mol. The molecule has 1 spiro atoms. The van der Waals surface area contributed by atoms with Gasteiger partial charge in [0, 0.05) is 22.1 Å². The van der Waals surface area contributed by atoms with E-state index in [-0.39, 0.29) is 5.60 Å². The number of fused-ring (bicyclic) bond motifs is 2. The normalized spacial score (nSPS) is 20.4. The molecule has 0 aliphatic carbocycles. The third-order valence-corrected chi connectivity index (χ3v) is 6.07. The van der Waals surface area contributed by atoms with Gasteiger partial charge in [-0.3, -0.25) is 4.98 Å². The first kappa shape index (κ1) is 13.4. The molecule has 4 rings (SSSR count). The van der Waals surface area contributed by atoms with Crippen LogP contribution in [-0.4, -0.2) is 24.7 Å². The number of piperidine rings is 1. The number of thiophene rings is 1. The van der Waals surface area contributed by atoms with Gasteiger partial charge in [-0.05, 0) is 68.1 Å². The number of aryl methyl sites for hydroxylation is 1. The number of pyridine rings is 1. The van der Waals surface area contributed by atoms with Crippen molar-refractivity contribution in [2.75, 3.05) is 19.7 Å². The summed E-state index contributed by atoms with van der Waals surface area (Å²) in [6, 6.07) is 4.51. The van der Waals surface area contributed by atoms with Crippen LogP contribution in [0.3, 0.4) is 0 Å². The van der Waals surface area contributed by atoms with Crippen LogP contribution in [0.25, 0.3) is 10.4 Å². The van der Waals surface area contributed by atoms with Gasteiger partial charge in [0.15, 0.2) is 0 Å². The molecular weight excluding hydrogens is 280 g/mol. The Morgan fingerprint density at radius 1 is 1.33 bits per heavy atom. The van der Waals surface area contributed by atoms with Crippen molar-refractivity contribution in [3.8, 4) is 10.4 Å². The van der Waals surface area contributed by atoms with E-state index in [9.17, 15) is 0 Å². The highest BCUT2D eigenvalue weighted by Gasteiger charge is 2.40. The molecule has 4 heterocycles. The van der Waals surface area contributed by atoms with E-state index in [2.05, 4.69) is 29.4 Å². The van der Waals surface area contributed by atoms with Gasteiger partial charge in [0.25, 0.3) is 0 Å². The van der Waals surface area contributed by atoms with Crippen LogP contribution >= 0.6 is 11.3 Å². The van der Waals surface area contributed by atoms with Gasteiger partial charge in [0.2, 0.25) is 0 Å². The molecule has 2 aromatic rings. The summed E-state index contributed by atoms with van der Waals surface area (Å²) in [6.07, 6.45) is 7.07. The minimum absolute atomic E-state index is 0.0251. The first-order valence-electron chi connectivity index (χ1n) is 7.67. The molecule has 0 aromatic carbocycles. The fourth-order valence-electron chi connectivity index (χ4n) is 3.51. The molecule has 21 heavy (non-hydrogen) atoms. The molecule has 0 atom stereocenters. The van der Waals surface area contributed by atoms with Crippen LogP contribution in [0.5, 0.6) is 0 Å². The van der Waals surface area contributed by atoms with Gasteiger partial charge < -0.3 is 10.1 Å². The number of rotatable bonds is 1. The third kappa shape index (κ3) is 2.22. The lowest BCUT2D eigenvalue weighted by molar-refractivity contribution is -0.0771. The van der Waals surface area contributed by atoms with E-state index < -0.39 is 0 Å². The standard InChI is InChI=1S/C17H20N2OS/c1-12-11-19-6-2-14(12)15-10-13-3-9-20-17(16(13)21-15)4-7-18-8-5-17/h2,6,10-11,18H,3-5,7-9H2,1H3. The van der Waals surface area contributed by atoms with Crippen LogP contribution in [0.2, 0.25) is 0 Å². The Morgan fingerprint density at radius 2 is 2.19 bits per heavy atom. The molecule has 2 aliphatic heterocycles. The average Bonchev–Trinajstić information content (AvgIpc) is 2.94. The molecule has 1 N–H and O–H groups in total. The van der Waals surface area contributed by atoms with E-state index in [1.54, 1.807) is 0 Å². The quantitative estimate of drug-likeness (QED) is 0.877. The van der Waals surface area contributed by atoms with Gasteiger partial charge in [-0.2, -0.15) is 0 Å². The summed E-state index contributed by atoms with van der Waals surface area (Å²) in [4.78, 5) is 7.05. The van der Waals surface area contributed by atoms with E-state index >= 15 is 0 Å². The monoisotopic (exact) mass is 300 g/mol. The van der Waals surface area contributed by atoms with Gasteiger partial charge >= 0.3 is 0 Å². The second-order valence-electron chi connectivity index (χ2n) is 6.00. The fraction of sp³-hybridized carbons (Fsp3) is 0.471. The Morgan fingerprint density at radius 3 is 3.00 bits per heavy atom. The van der Waals surface area contributed by atoms with Crippen LogP contribution < -0.4 is 5.32 Å². The van der Waals surface area contributed by atoms with Crippen molar-refractivity contribution in [1.29, 1.82) is 0 Å². The number of aromatic nitrogens is 1. The van der Waals surface area contributed by atoms with Gasteiger partial charge in [0.05, 0.1) is 6.61 Å². The summed E-state index contributed by atoms with van der Waals surface area (Å²) in [7, 11) is 0. The summed E-state index contributed by atoms with van der Waals surface area (Å²) < 4.78 is 6.27. The molecule has 0 unspecified atom stereocenters. The summed E-state index contributed by atoms with van der Waals surface area (Å²) in [6.45, 7) is 5.11. The lowest BCUT2D eigenvalue weighted by atomic mass is 9.86. The zero-order valence-corrected chi connectivity index (χ0v) is 13.1. The Kier molecular flexibility index (Phi) is 3.32. The van der Waals surface area contributed by atoms with E-state index in [1.165, 1.54) is 26.4 Å². The molecule has 2 aliphatic rings. The maximum atomic E-state index is 6.27. The van der Waals surface area contributed by atoms with Crippen molar-refractivity contribution in [3.63, 3.8) is 0 Å².